The van der Waals surface area contributed by atoms with E-state index in [2.05, 4.69) is 4.74 Å². The van der Waals surface area contributed by atoms with Gasteiger partial charge in [-0.05, 0) is 71.2 Å². The van der Waals surface area contributed by atoms with Crippen molar-refractivity contribution in [3.8, 4) is 5.75 Å². The van der Waals surface area contributed by atoms with Crippen molar-refractivity contribution in [2.75, 3.05) is 33.0 Å². The van der Waals surface area contributed by atoms with Crippen LogP contribution in [0.15, 0.2) is 26.5 Å². The van der Waals surface area contributed by atoms with Crippen molar-refractivity contribution in [2.45, 2.75) is 64.1 Å². The van der Waals surface area contributed by atoms with Crippen LogP contribution >= 0.6 is 45.2 Å². The number of carboxylic acid groups (broad SMARTS) is 1. The molecule has 0 amide bonds. The van der Waals surface area contributed by atoms with Gasteiger partial charge in [0.05, 0.1) is 61.5 Å². The lowest BCUT2D eigenvalue weighted by Gasteiger charge is -2.21. The Morgan fingerprint density at radius 2 is 1.24 bits per heavy atom. The highest BCUT2D eigenvalue weighted by molar-refractivity contribution is 14.1. The summed E-state index contributed by atoms with van der Waals surface area (Å²) in [6.07, 6.45) is -4.32. The summed E-state index contributed by atoms with van der Waals surface area (Å²) in [7, 11) is 0. The molecule has 272 valence electrons. The van der Waals surface area contributed by atoms with Crippen LogP contribution in [0.25, 0.3) is 0 Å². The standard InChI is InChI=1S/C28H35I2N3O16/c1-15(34)13-46-6-3-31-25(42)32(4-7-47-20(36)11-28(45,24(40)41)12-21(37)49-14-16(2)35)27(44)33(26(31)43)5-8-48-23(39)18-9-17(29)10-19(30)22(18)38/h9-10,15-16,34-35,38,45H,3-8,11-14H2,1-2H3,(H,40,41). The van der Waals surface area contributed by atoms with Crippen molar-refractivity contribution >= 4 is 69.1 Å². The van der Waals surface area contributed by atoms with Gasteiger partial charge in [0.25, 0.3) is 0 Å². The molecule has 21 heteroatoms. The van der Waals surface area contributed by atoms with Gasteiger partial charge in [-0.2, -0.15) is 0 Å². The van der Waals surface area contributed by atoms with Crippen LogP contribution in [0.3, 0.4) is 0 Å². The molecule has 3 atom stereocenters. The Hall–Kier alpha value is -3.39. The third-order valence-electron chi connectivity index (χ3n) is 6.33. The van der Waals surface area contributed by atoms with Gasteiger partial charge in [0.15, 0.2) is 5.60 Å². The average molecular weight is 923 g/mol. The van der Waals surface area contributed by atoms with Gasteiger partial charge in [-0.3, -0.25) is 9.59 Å². The van der Waals surface area contributed by atoms with Crippen molar-refractivity contribution in [3.63, 3.8) is 0 Å². The van der Waals surface area contributed by atoms with Crippen molar-refractivity contribution in [1.29, 1.82) is 0 Å². The minimum Gasteiger partial charge on any atom is -0.506 e. The van der Waals surface area contributed by atoms with Gasteiger partial charge in [-0.1, -0.05) is 0 Å². The van der Waals surface area contributed by atoms with Crippen LogP contribution in [0.1, 0.15) is 37.0 Å². The van der Waals surface area contributed by atoms with Crippen molar-refractivity contribution in [2.24, 2.45) is 0 Å². The highest BCUT2D eigenvalue weighted by Gasteiger charge is 2.42. The SMILES string of the molecule is CC(O)COCCn1c(=O)n(CCOC(=O)CC(O)(CC(=O)OCC(C)O)C(=O)O)c(=O)n(CCOC(=O)c2cc(I)cc(I)c2O)c1=O. The maximum Gasteiger partial charge on any atom is 0.342 e. The molecular formula is C28H35I2N3O16. The van der Waals surface area contributed by atoms with Crippen LogP contribution in [0.5, 0.6) is 5.75 Å². The molecular weight excluding hydrogens is 888 g/mol. The fraction of sp³-hybridized carbons (Fsp3) is 0.536. The largest absolute Gasteiger partial charge is 0.506 e. The first-order chi connectivity index (χ1) is 22.9. The number of aliphatic hydroxyl groups excluding tert-OH is 2. The maximum atomic E-state index is 13.2. The second kappa shape index (κ2) is 19.1. The number of aromatic nitrogens is 3. The lowest BCUT2D eigenvalue weighted by molar-refractivity contribution is -0.174. The normalized spacial score (nSPS) is 13.6. The number of phenolic OH excluding ortho intramolecular Hbond substituents is 1. The van der Waals surface area contributed by atoms with Crippen LogP contribution in [0, 0.1) is 7.14 Å². The van der Waals surface area contributed by atoms with Gasteiger partial charge in [0.2, 0.25) is 0 Å². The topological polar surface area (TPSA) is 272 Å². The zero-order valence-electron chi connectivity index (χ0n) is 26.2. The number of phenols is 1. The van der Waals surface area contributed by atoms with Crippen LogP contribution in [-0.2, 0) is 53.0 Å². The lowest BCUT2D eigenvalue weighted by Crippen LogP contribution is -2.55. The Kier molecular flexibility index (Phi) is 16.3. The van der Waals surface area contributed by atoms with Gasteiger partial charge in [-0.25, -0.2) is 37.7 Å². The first kappa shape index (κ1) is 41.8. The van der Waals surface area contributed by atoms with Gasteiger partial charge < -0.3 is 44.5 Å². The number of carboxylic acids is 1. The first-order valence-corrected chi connectivity index (χ1v) is 16.5. The number of carbonyl (C=O) groups excluding carboxylic acids is 3. The summed E-state index contributed by atoms with van der Waals surface area (Å²) >= 11 is 3.75. The Morgan fingerprint density at radius 1 is 0.776 bits per heavy atom. The average Bonchev–Trinajstić information content (AvgIpc) is 3.00. The second-order valence-corrected chi connectivity index (χ2v) is 13.0. The fourth-order valence-electron chi connectivity index (χ4n) is 3.95. The Bertz CT molecular complexity index is 1700. The first-order valence-electron chi connectivity index (χ1n) is 14.4. The molecule has 0 aliphatic rings. The number of hydrogen-bond donors (Lipinski definition) is 5. The molecule has 0 fully saturated rings. The summed E-state index contributed by atoms with van der Waals surface area (Å²) in [6, 6.07) is 2.99. The van der Waals surface area contributed by atoms with E-state index in [0.717, 1.165) is 0 Å². The molecule has 49 heavy (non-hydrogen) atoms. The van der Waals surface area contributed by atoms with Crippen LogP contribution < -0.4 is 17.1 Å². The number of halogens is 2. The van der Waals surface area contributed by atoms with Crippen molar-refractivity contribution < 1.29 is 63.7 Å². The minimum atomic E-state index is -2.94. The number of aliphatic carboxylic acids is 1. The summed E-state index contributed by atoms with van der Waals surface area (Å²) in [4.78, 5) is 88.1. The molecule has 1 aromatic carbocycles. The summed E-state index contributed by atoms with van der Waals surface area (Å²) in [5.41, 5.74) is -6.52. The molecule has 0 saturated carbocycles. The molecule has 1 aromatic heterocycles. The molecule has 0 aliphatic carbocycles. The zero-order chi connectivity index (χ0) is 37.1. The molecule has 3 unspecified atom stereocenters. The molecule has 0 radical (unpaired) electrons. The maximum absolute atomic E-state index is 13.2. The number of carbonyl (C=O) groups is 4. The number of benzene rings is 1. The number of aliphatic hydroxyl groups is 3. The molecule has 1 heterocycles. The fourth-order valence-corrected chi connectivity index (χ4v) is 5.80. The number of ether oxygens (including phenoxy) is 4. The predicted molar refractivity (Wildman–Crippen MR) is 181 cm³/mol. The molecule has 0 aliphatic heterocycles. The smallest absolute Gasteiger partial charge is 0.342 e. The van der Waals surface area contributed by atoms with Crippen LogP contribution in [-0.4, -0.2) is 114 Å². The predicted octanol–water partition coefficient (Wildman–Crippen LogP) is -1.60. The zero-order valence-corrected chi connectivity index (χ0v) is 30.5. The highest BCUT2D eigenvalue weighted by atomic mass is 127. The van der Waals surface area contributed by atoms with E-state index in [4.69, 9.17) is 14.2 Å². The van der Waals surface area contributed by atoms with Crippen LogP contribution in [0.2, 0.25) is 0 Å². The van der Waals surface area contributed by atoms with E-state index in [1.807, 2.05) is 45.2 Å². The number of nitrogens with zero attached hydrogens (tertiary/aromatic N) is 3. The van der Waals surface area contributed by atoms with E-state index in [0.29, 0.717) is 20.8 Å². The van der Waals surface area contributed by atoms with Gasteiger partial charge >= 0.3 is 40.9 Å². The highest BCUT2D eigenvalue weighted by Crippen LogP contribution is 2.27. The Morgan fingerprint density at radius 3 is 1.73 bits per heavy atom. The number of hydrogen-bond acceptors (Lipinski definition) is 15. The van der Waals surface area contributed by atoms with E-state index in [1.54, 1.807) is 6.07 Å². The van der Waals surface area contributed by atoms with Gasteiger partial charge in [0, 0.05) is 3.57 Å². The monoisotopic (exact) mass is 923 g/mol. The van der Waals surface area contributed by atoms with E-state index < -0.39 is 105 Å². The van der Waals surface area contributed by atoms with E-state index in [9.17, 15) is 59.1 Å². The van der Waals surface area contributed by atoms with Gasteiger partial charge in [-0.15, -0.1) is 0 Å². The van der Waals surface area contributed by atoms with E-state index in [1.165, 1.54) is 19.9 Å². The van der Waals surface area contributed by atoms with Gasteiger partial charge in [0.1, 0.15) is 31.1 Å². The summed E-state index contributed by atoms with van der Waals surface area (Å²) < 4.78 is 22.6. The molecule has 2 aromatic rings. The molecule has 0 bridgehead atoms. The molecule has 5 N–H and O–H groups in total. The number of aromatic hydroxyl groups is 1. The third kappa shape index (κ3) is 12.5. The minimum absolute atomic E-state index is 0.125. The molecule has 19 nitrogen and oxygen atoms in total. The second-order valence-electron chi connectivity index (χ2n) is 10.6. The van der Waals surface area contributed by atoms with E-state index >= 15 is 0 Å². The summed E-state index contributed by atoms with van der Waals surface area (Å²) in [5.74, 6) is -5.78. The third-order valence-corrected chi connectivity index (χ3v) is 7.78. The van der Waals surface area contributed by atoms with Crippen molar-refractivity contribution in [1.82, 2.24) is 13.7 Å². The summed E-state index contributed by atoms with van der Waals surface area (Å²) in [6.45, 7) is -0.973. The Balaban J connectivity index is 2.25. The Labute approximate surface area is 304 Å². The van der Waals surface area contributed by atoms with Crippen molar-refractivity contribution in [3.05, 3.63) is 56.3 Å². The van der Waals surface area contributed by atoms with E-state index in [-0.39, 0.29) is 31.1 Å². The number of rotatable bonds is 19. The lowest BCUT2D eigenvalue weighted by atomic mass is 9.96. The quantitative estimate of drug-likeness (QED) is 0.0460. The number of esters is 3. The molecule has 0 spiro atoms. The molecule has 2 rings (SSSR count). The summed E-state index contributed by atoms with van der Waals surface area (Å²) in [5, 5.41) is 48.6. The molecule has 0 saturated heterocycles. The van der Waals surface area contributed by atoms with Crippen LogP contribution in [0.4, 0.5) is 0 Å².